The molecule has 2 aromatic rings. The molecule has 0 fully saturated rings. The largest absolute Gasteiger partial charge is 0.493 e. The number of carbonyl (C=O) groups is 1. The number of nitrogens with one attached hydrogen (secondary N) is 1. The summed E-state index contributed by atoms with van der Waals surface area (Å²) >= 11 is 0. The van der Waals surface area contributed by atoms with Crippen LogP contribution in [-0.4, -0.2) is 31.3 Å². The van der Waals surface area contributed by atoms with E-state index in [1.807, 2.05) is 12.1 Å². The number of hydrazone groups is 1. The molecule has 0 saturated carbocycles. The van der Waals surface area contributed by atoms with Gasteiger partial charge >= 0.3 is 0 Å². The predicted octanol–water partition coefficient (Wildman–Crippen LogP) is 1.86. The third-order valence-electron chi connectivity index (χ3n) is 2.75. The highest BCUT2D eigenvalue weighted by Crippen LogP contribution is 2.29. The van der Waals surface area contributed by atoms with Crippen molar-refractivity contribution < 1.29 is 14.3 Å². The van der Waals surface area contributed by atoms with Crippen molar-refractivity contribution in [1.29, 1.82) is 0 Å². The molecule has 1 amide bonds. The summed E-state index contributed by atoms with van der Waals surface area (Å²) in [4.78, 5) is 15.7. The summed E-state index contributed by atoms with van der Waals surface area (Å²) in [5, 5.41) is 3.92. The first kappa shape index (κ1) is 14.5. The van der Waals surface area contributed by atoms with Crippen LogP contribution in [0.4, 0.5) is 0 Å². The van der Waals surface area contributed by atoms with Gasteiger partial charge in [0.05, 0.1) is 20.4 Å². The predicted molar refractivity (Wildman–Crippen MR) is 78.8 cm³/mol. The van der Waals surface area contributed by atoms with Crippen LogP contribution in [0.2, 0.25) is 0 Å². The monoisotopic (exact) mass is 285 g/mol. The molecule has 6 heteroatoms. The number of aromatic nitrogens is 1. The summed E-state index contributed by atoms with van der Waals surface area (Å²) in [5.41, 5.74) is 3.63. The molecule has 0 atom stereocenters. The fourth-order valence-electron chi connectivity index (χ4n) is 1.74. The molecule has 0 aliphatic carbocycles. The molecule has 0 spiro atoms. The number of para-hydroxylation sites is 1. The van der Waals surface area contributed by atoms with Crippen LogP contribution in [-0.2, 0) is 0 Å². The molecule has 21 heavy (non-hydrogen) atoms. The Kier molecular flexibility index (Phi) is 4.87. The van der Waals surface area contributed by atoms with Gasteiger partial charge in [-0.3, -0.25) is 9.78 Å². The number of nitrogens with zero attached hydrogens (tertiary/aromatic N) is 2. The van der Waals surface area contributed by atoms with Crippen LogP contribution in [0.25, 0.3) is 0 Å². The van der Waals surface area contributed by atoms with E-state index in [1.54, 1.807) is 44.8 Å². The molecule has 2 rings (SSSR count). The van der Waals surface area contributed by atoms with Gasteiger partial charge in [-0.2, -0.15) is 5.10 Å². The van der Waals surface area contributed by atoms with E-state index in [4.69, 9.17) is 9.47 Å². The SMILES string of the molecule is COc1cccc(/C=N\NC(=O)c2ccncc2)c1OC. The molecule has 1 aromatic carbocycles. The molecular formula is C15H15N3O3. The molecule has 1 N–H and O–H groups in total. The number of methoxy groups -OCH3 is 2. The fourth-order valence-corrected chi connectivity index (χ4v) is 1.74. The standard InChI is InChI=1S/C15H15N3O3/c1-20-13-5-3-4-12(14(13)21-2)10-17-18-15(19)11-6-8-16-9-7-11/h3-10H,1-2H3,(H,18,19)/b17-10-. The van der Waals surface area contributed by atoms with E-state index in [0.29, 0.717) is 22.6 Å². The summed E-state index contributed by atoms with van der Waals surface area (Å²) in [7, 11) is 3.11. The van der Waals surface area contributed by atoms with Gasteiger partial charge in [-0.05, 0) is 24.3 Å². The summed E-state index contributed by atoms with van der Waals surface area (Å²) < 4.78 is 10.5. The second kappa shape index (κ2) is 7.04. The van der Waals surface area contributed by atoms with Gasteiger partial charge in [0.25, 0.3) is 5.91 Å². The number of ether oxygens (including phenoxy) is 2. The Balaban J connectivity index is 2.10. The van der Waals surface area contributed by atoms with Crippen molar-refractivity contribution in [1.82, 2.24) is 10.4 Å². The van der Waals surface area contributed by atoms with Crippen molar-refractivity contribution in [3.8, 4) is 11.5 Å². The number of amides is 1. The maximum atomic E-state index is 11.8. The van der Waals surface area contributed by atoms with Gasteiger partial charge in [-0.15, -0.1) is 0 Å². The van der Waals surface area contributed by atoms with E-state index in [0.717, 1.165) is 0 Å². The number of benzene rings is 1. The van der Waals surface area contributed by atoms with Gasteiger partial charge < -0.3 is 9.47 Å². The minimum absolute atomic E-state index is 0.310. The van der Waals surface area contributed by atoms with E-state index >= 15 is 0 Å². The third kappa shape index (κ3) is 3.56. The minimum atomic E-state index is -0.310. The number of rotatable bonds is 5. The van der Waals surface area contributed by atoms with Gasteiger partial charge in [-0.1, -0.05) is 6.07 Å². The van der Waals surface area contributed by atoms with Gasteiger partial charge in [0.2, 0.25) is 0 Å². The minimum Gasteiger partial charge on any atom is -0.493 e. The Morgan fingerprint density at radius 3 is 2.62 bits per heavy atom. The van der Waals surface area contributed by atoms with Crippen LogP contribution in [0, 0.1) is 0 Å². The lowest BCUT2D eigenvalue weighted by Gasteiger charge is -2.09. The molecule has 0 unspecified atom stereocenters. The van der Waals surface area contributed by atoms with Crippen molar-refractivity contribution >= 4 is 12.1 Å². The topological polar surface area (TPSA) is 72.8 Å². The van der Waals surface area contributed by atoms with Crippen molar-refractivity contribution in [2.45, 2.75) is 0 Å². The molecule has 0 aliphatic rings. The number of hydrogen-bond donors (Lipinski definition) is 1. The number of carbonyl (C=O) groups excluding carboxylic acids is 1. The average Bonchev–Trinajstić information content (AvgIpc) is 2.55. The Morgan fingerprint density at radius 2 is 1.95 bits per heavy atom. The van der Waals surface area contributed by atoms with Gasteiger partial charge in [0.1, 0.15) is 0 Å². The first-order chi connectivity index (χ1) is 10.3. The second-order valence-electron chi connectivity index (χ2n) is 4.02. The molecule has 6 nitrogen and oxygen atoms in total. The second-order valence-corrected chi connectivity index (χ2v) is 4.02. The van der Waals surface area contributed by atoms with E-state index in [9.17, 15) is 4.79 Å². The van der Waals surface area contributed by atoms with Gasteiger partial charge in [-0.25, -0.2) is 5.43 Å². The van der Waals surface area contributed by atoms with Crippen molar-refractivity contribution in [3.05, 3.63) is 53.9 Å². The van der Waals surface area contributed by atoms with Crippen molar-refractivity contribution in [2.75, 3.05) is 14.2 Å². The Morgan fingerprint density at radius 1 is 1.19 bits per heavy atom. The molecule has 1 heterocycles. The summed E-state index contributed by atoms with van der Waals surface area (Å²) in [6.07, 6.45) is 4.59. The van der Waals surface area contributed by atoms with Crippen LogP contribution in [0.15, 0.2) is 47.8 Å². The summed E-state index contributed by atoms with van der Waals surface area (Å²) in [5.74, 6) is 0.847. The zero-order chi connectivity index (χ0) is 15.1. The highest BCUT2D eigenvalue weighted by Gasteiger charge is 2.07. The van der Waals surface area contributed by atoms with E-state index in [-0.39, 0.29) is 5.91 Å². The molecule has 108 valence electrons. The zero-order valence-electron chi connectivity index (χ0n) is 11.7. The summed E-state index contributed by atoms with van der Waals surface area (Å²) in [6.45, 7) is 0. The van der Waals surface area contributed by atoms with E-state index < -0.39 is 0 Å². The van der Waals surface area contributed by atoms with Crippen LogP contribution in [0.5, 0.6) is 11.5 Å². The average molecular weight is 285 g/mol. The quantitative estimate of drug-likeness (QED) is 0.672. The number of hydrogen-bond acceptors (Lipinski definition) is 5. The summed E-state index contributed by atoms with van der Waals surface area (Å²) in [6, 6.07) is 8.62. The lowest BCUT2D eigenvalue weighted by Crippen LogP contribution is -2.17. The maximum Gasteiger partial charge on any atom is 0.271 e. The maximum absolute atomic E-state index is 11.8. The first-order valence-corrected chi connectivity index (χ1v) is 6.20. The van der Waals surface area contributed by atoms with Crippen molar-refractivity contribution in [2.24, 2.45) is 5.10 Å². The highest BCUT2D eigenvalue weighted by atomic mass is 16.5. The normalized spacial score (nSPS) is 10.4. The van der Waals surface area contributed by atoms with Crippen LogP contribution >= 0.6 is 0 Å². The third-order valence-corrected chi connectivity index (χ3v) is 2.75. The van der Waals surface area contributed by atoms with E-state index in [1.165, 1.54) is 6.21 Å². The Bertz CT molecular complexity index is 642. The fraction of sp³-hybridized carbons (Fsp3) is 0.133. The van der Waals surface area contributed by atoms with E-state index in [2.05, 4.69) is 15.5 Å². The van der Waals surface area contributed by atoms with Crippen molar-refractivity contribution in [3.63, 3.8) is 0 Å². The van der Waals surface area contributed by atoms with Gasteiger partial charge in [0.15, 0.2) is 11.5 Å². The molecule has 0 radical (unpaired) electrons. The zero-order valence-corrected chi connectivity index (χ0v) is 11.7. The molecule has 0 bridgehead atoms. The molecule has 0 saturated heterocycles. The number of pyridine rings is 1. The molecule has 1 aromatic heterocycles. The highest BCUT2D eigenvalue weighted by molar-refractivity contribution is 5.95. The Hall–Kier alpha value is -2.89. The van der Waals surface area contributed by atoms with Gasteiger partial charge in [0, 0.05) is 23.5 Å². The van der Waals surface area contributed by atoms with Crippen LogP contribution in [0.1, 0.15) is 15.9 Å². The Labute approximate surface area is 122 Å². The van der Waals surface area contributed by atoms with Crippen LogP contribution < -0.4 is 14.9 Å². The lowest BCUT2D eigenvalue weighted by atomic mass is 10.2. The molecule has 0 aliphatic heterocycles. The molecular weight excluding hydrogens is 270 g/mol. The lowest BCUT2D eigenvalue weighted by molar-refractivity contribution is 0.0955. The smallest absolute Gasteiger partial charge is 0.271 e. The van der Waals surface area contributed by atoms with Crippen LogP contribution in [0.3, 0.4) is 0 Å². The first-order valence-electron chi connectivity index (χ1n) is 6.20.